The molecule has 2 unspecified atom stereocenters. The summed E-state index contributed by atoms with van der Waals surface area (Å²) in [5.74, 6) is 0.726. The average Bonchev–Trinajstić information content (AvgIpc) is 2.79. The van der Waals surface area contributed by atoms with Gasteiger partial charge in [-0.15, -0.1) is 0 Å². The molecule has 2 nitrogen and oxygen atoms in total. The van der Waals surface area contributed by atoms with Crippen molar-refractivity contribution in [3.63, 3.8) is 0 Å². The van der Waals surface area contributed by atoms with Crippen LogP contribution in [-0.4, -0.2) is 29.6 Å². The topological polar surface area (TPSA) is 29.3 Å². The van der Waals surface area contributed by atoms with Gasteiger partial charge in [0.1, 0.15) is 0 Å². The summed E-state index contributed by atoms with van der Waals surface area (Å²) in [5, 5.41) is 0. The van der Waals surface area contributed by atoms with Gasteiger partial charge in [0.05, 0.1) is 0 Å². The van der Waals surface area contributed by atoms with E-state index >= 15 is 0 Å². The lowest BCUT2D eigenvalue weighted by molar-refractivity contribution is 0.0641. The zero-order valence-corrected chi connectivity index (χ0v) is 12.0. The maximum Gasteiger partial charge on any atom is 0.0295 e. The highest BCUT2D eigenvalue weighted by Gasteiger charge is 2.40. The summed E-state index contributed by atoms with van der Waals surface area (Å²) in [4.78, 5) is 2.68. The van der Waals surface area contributed by atoms with E-state index in [2.05, 4.69) is 46.4 Å². The van der Waals surface area contributed by atoms with Crippen molar-refractivity contribution in [2.45, 2.75) is 72.5 Å². The number of nitrogens with two attached hydrogens (primary N) is 1. The van der Waals surface area contributed by atoms with Crippen LogP contribution in [0.25, 0.3) is 0 Å². The van der Waals surface area contributed by atoms with E-state index < -0.39 is 0 Å². The first-order valence-electron chi connectivity index (χ1n) is 6.74. The lowest BCUT2D eigenvalue weighted by Crippen LogP contribution is -2.55. The van der Waals surface area contributed by atoms with Gasteiger partial charge >= 0.3 is 0 Å². The maximum atomic E-state index is 6.22. The average molecular weight is 226 g/mol. The van der Waals surface area contributed by atoms with Gasteiger partial charge in [0, 0.05) is 24.7 Å². The Morgan fingerprint density at radius 2 is 1.69 bits per heavy atom. The molecular formula is C14H30N2. The highest BCUT2D eigenvalue weighted by molar-refractivity contribution is 4.96. The summed E-state index contributed by atoms with van der Waals surface area (Å²) >= 11 is 0. The Kier molecular flexibility index (Phi) is 4.42. The van der Waals surface area contributed by atoms with Gasteiger partial charge < -0.3 is 5.73 Å². The minimum Gasteiger partial charge on any atom is -0.327 e. The molecule has 2 N–H and O–H groups in total. The van der Waals surface area contributed by atoms with Crippen LogP contribution in [0.2, 0.25) is 0 Å². The van der Waals surface area contributed by atoms with Crippen molar-refractivity contribution in [2.24, 2.45) is 17.1 Å². The summed E-state index contributed by atoms with van der Waals surface area (Å²) in [5.41, 5.74) is 6.49. The minimum atomic E-state index is 0.249. The third kappa shape index (κ3) is 3.74. The molecule has 16 heavy (non-hydrogen) atoms. The molecule has 1 saturated carbocycles. The van der Waals surface area contributed by atoms with E-state index in [-0.39, 0.29) is 11.5 Å². The minimum absolute atomic E-state index is 0.249. The van der Waals surface area contributed by atoms with E-state index in [1.165, 1.54) is 19.4 Å². The SMILES string of the molecule is CC(C)CN(C1CC1)C(C(C)N)C(C)(C)C. The molecule has 1 rings (SSSR count). The highest BCUT2D eigenvalue weighted by Crippen LogP contribution is 2.36. The smallest absolute Gasteiger partial charge is 0.0295 e. The maximum absolute atomic E-state index is 6.22. The summed E-state index contributed by atoms with van der Waals surface area (Å²) < 4.78 is 0. The summed E-state index contributed by atoms with van der Waals surface area (Å²) in [6, 6.07) is 1.55. The first-order chi connectivity index (χ1) is 7.23. The first-order valence-corrected chi connectivity index (χ1v) is 6.74. The van der Waals surface area contributed by atoms with Crippen molar-refractivity contribution in [3.8, 4) is 0 Å². The van der Waals surface area contributed by atoms with E-state index in [9.17, 15) is 0 Å². The predicted molar refractivity (Wildman–Crippen MR) is 71.5 cm³/mol. The van der Waals surface area contributed by atoms with Crippen molar-refractivity contribution < 1.29 is 0 Å². The van der Waals surface area contributed by atoms with Gasteiger partial charge in [0.2, 0.25) is 0 Å². The third-order valence-electron chi connectivity index (χ3n) is 3.33. The van der Waals surface area contributed by atoms with Crippen LogP contribution in [0.1, 0.15) is 54.4 Å². The second-order valence-corrected chi connectivity index (χ2v) is 6.99. The van der Waals surface area contributed by atoms with E-state index in [4.69, 9.17) is 5.73 Å². The molecule has 0 aromatic rings. The highest BCUT2D eigenvalue weighted by atomic mass is 15.2. The number of rotatable bonds is 5. The van der Waals surface area contributed by atoms with Crippen LogP contribution in [0.4, 0.5) is 0 Å². The molecule has 96 valence electrons. The predicted octanol–water partition coefficient (Wildman–Crippen LogP) is 2.87. The molecule has 1 aliphatic carbocycles. The normalized spacial score (nSPS) is 21.6. The Balaban J connectivity index is 2.79. The molecule has 0 amide bonds. The molecule has 0 saturated heterocycles. The van der Waals surface area contributed by atoms with Crippen molar-refractivity contribution in [3.05, 3.63) is 0 Å². The molecule has 0 heterocycles. The van der Waals surface area contributed by atoms with Crippen LogP contribution in [0.15, 0.2) is 0 Å². The molecule has 0 aliphatic heterocycles. The van der Waals surface area contributed by atoms with Gasteiger partial charge in [-0.1, -0.05) is 34.6 Å². The first kappa shape index (κ1) is 14.0. The van der Waals surface area contributed by atoms with E-state index in [0.717, 1.165) is 12.0 Å². The van der Waals surface area contributed by atoms with E-state index in [0.29, 0.717) is 6.04 Å². The molecule has 0 spiro atoms. The summed E-state index contributed by atoms with van der Waals surface area (Å²) in [6.07, 6.45) is 2.73. The van der Waals surface area contributed by atoms with E-state index in [1.54, 1.807) is 0 Å². The van der Waals surface area contributed by atoms with Crippen LogP contribution < -0.4 is 5.73 Å². The van der Waals surface area contributed by atoms with Crippen LogP contribution in [-0.2, 0) is 0 Å². The monoisotopic (exact) mass is 226 g/mol. The molecule has 0 radical (unpaired) electrons. The van der Waals surface area contributed by atoms with Gasteiger partial charge in [-0.05, 0) is 31.1 Å². The molecule has 0 aromatic carbocycles. The van der Waals surface area contributed by atoms with Gasteiger partial charge in [0.25, 0.3) is 0 Å². The molecule has 0 aromatic heterocycles. The molecule has 1 aliphatic rings. The largest absolute Gasteiger partial charge is 0.327 e. The van der Waals surface area contributed by atoms with Gasteiger partial charge in [0.15, 0.2) is 0 Å². The fourth-order valence-electron chi connectivity index (χ4n) is 2.91. The lowest BCUT2D eigenvalue weighted by Gasteiger charge is -2.43. The number of nitrogens with zero attached hydrogens (tertiary/aromatic N) is 1. The second kappa shape index (κ2) is 5.05. The molecule has 2 atom stereocenters. The van der Waals surface area contributed by atoms with Gasteiger partial charge in [-0.2, -0.15) is 0 Å². The Labute approximate surface area is 102 Å². The quantitative estimate of drug-likeness (QED) is 0.781. The Hall–Kier alpha value is -0.0800. The van der Waals surface area contributed by atoms with Crippen molar-refractivity contribution in [1.82, 2.24) is 4.90 Å². The molecule has 0 bridgehead atoms. The van der Waals surface area contributed by atoms with Crippen LogP contribution >= 0.6 is 0 Å². The summed E-state index contributed by atoms with van der Waals surface area (Å²) in [6.45, 7) is 14.9. The van der Waals surface area contributed by atoms with Crippen LogP contribution in [0, 0.1) is 11.3 Å². The van der Waals surface area contributed by atoms with E-state index in [1.807, 2.05) is 0 Å². The zero-order valence-electron chi connectivity index (χ0n) is 12.0. The fourth-order valence-corrected chi connectivity index (χ4v) is 2.91. The van der Waals surface area contributed by atoms with Crippen molar-refractivity contribution in [1.29, 1.82) is 0 Å². The van der Waals surface area contributed by atoms with Crippen molar-refractivity contribution >= 4 is 0 Å². The standard InChI is InChI=1S/C14H30N2/c1-10(2)9-16(12-7-8-12)13(11(3)15)14(4,5)6/h10-13H,7-9,15H2,1-6H3. The lowest BCUT2D eigenvalue weighted by atomic mass is 9.81. The van der Waals surface area contributed by atoms with Crippen LogP contribution in [0.3, 0.4) is 0 Å². The molecule has 1 fully saturated rings. The molecule has 2 heteroatoms. The van der Waals surface area contributed by atoms with Crippen molar-refractivity contribution in [2.75, 3.05) is 6.54 Å². The zero-order chi connectivity index (χ0) is 12.5. The Morgan fingerprint density at radius 1 is 1.19 bits per heavy atom. The Bertz CT molecular complexity index is 211. The summed E-state index contributed by atoms with van der Waals surface area (Å²) in [7, 11) is 0. The molecular weight excluding hydrogens is 196 g/mol. The van der Waals surface area contributed by atoms with Gasteiger partial charge in [-0.25, -0.2) is 0 Å². The third-order valence-corrected chi connectivity index (χ3v) is 3.33. The van der Waals surface area contributed by atoms with Crippen LogP contribution in [0.5, 0.6) is 0 Å². The fraction of sp³-hybridized carbons (Fsp3) is 1.00. The number of hydrogen-bond donors (Lipinski definition) is 1. The van der Waals surface area contributed by atoms with Gasteiger partial charge in [-0.3, -0.25) is 4.90 Å². The number of hydrogen-bond acceptors (Lipinski definition) is 2. The second-order valence-electron chi connectivity index (χ2n) is 6.99. The Morgan fingerprint density at radius 3 is 1.94 bits per heavy atom.